The SMILES string of the molecule is BrC1=[C-]C2C(=Cc3ccccc32)S1.[Cl][Zr][Cl].[SH-].c1ccc2[cH-]ccc2c1. The molecule has 1 aliphatic heterocycles. The summed E-state index contributed by atoms with van der Waals surface area (Å²) >= 11 is 4.42. The number of hydrogen-bond donors (Lipinski definition) is 0. The molecule has 0 radical (unpaired) electrons. The van der Waals surface area contributed by atoms with Crippen LogP contribution in [0.5, 0.6) is 0 Å². The summed E-state index contributed by atoms with van der Waals surface area (Å²) < 4.78 is 1.12. The largest absolute Gasteiger partial charge is 0.813 e. The average molecular weight is 560 g/mol. The van der Waals surface area contributed by atoms with Gasteiger partial charge in [0, 0.05) is 0 Å². The van der Waals surface area contributed by atoms with Crippen LogP contribution in [0.25, 0.3) is 16.8 Å². The fraction of sp³-hybridized carbons (Fsp3) is 0.0500. The molecule has 0 saturated heterocycles. The predicted molar refractivity (Wildman–Crippen MR) is 120 cm³/mol. The smallest absolute Gasteiger partial charge is 0.0809 e. The van der Waals surface area contributed by atoms with Gasteiger partial charge in [-0.2, -0.15) is 17.5 Å². The van der Waals surface area contributed by atoms with Crippen LogP contribution in [0.15, 0.2) is 75.4 Å². The van der Waals surface area contributed by atoms with E-state index in [0.717, 1.165) is 3.81 Å². The number of thioether (sulfide) groups is 1. The number of allylic oxidation sites excluding steroid dienone is 2. The first kappa shape index (κ1) is 22.5. The molecule has 0 amide bonds. The minimum Gasteiger partial charge on any atom is -0.813 e. The van der Waals surface area contributed by atoms with Crippen LogP contribution in [0.4, 0.5) is 0 Å². The van der Waals surface area contributed by atoms with Gasteiger partial charge in [-0.1, -0.05) is 51.8 Å². The van der Waals surface area contributed by atoms with Crippen molar-refractivity contribution in [2.75, 3.05) is 0 Å². The maximum absolute atomic E-state index is 4.93. The molecule has 1 aliphatic carbocycles. The molecule has 6 heteroatoms. The van der Waals surface area contributed by atoms with Crippen LogP contribution < -0.4 is 0 Å². The average Bonchev–Trinajstić information content (AvgIpc) is 3.29. The molecule has 0 saturated carbocycles. The van der Waals surface area contributed by atoms with E-state index in [0.29, 0.717) is 5.92 Å². The zero-order valence-corrected chi connectivity index (χ0v) is 20.8. The molecule has 26 heavy (non-hydrogen) atoms. The number of thiol groups is 1. The third-order valence-corrected chi connectivity index (χ3v) is 5.50. The number of fused-ring (bicyclic) bond motifs is 4. The van der Waals surface area contributed by atoms with E-state index in [1.54, 1.807) is 11.8 Å². The topological polar surface area (TPSA) is 0 Å². The maximum Gasteiger partial charge on any atom is -0.0809 e. The van der Waals surface area contributed by atoms with E-state index in [4.69, 9.17) is 17.0 Å². The van der Waals surface area contributed by atoms with Crippen LogP contribution in [-0.2, 0) is 34.3 Å². The molecule has 0 spiro atoms. The summed E-state index contributed by atoms with van der Waals surface area (Å²) in [4.78, 5) is 1.40. The van der Waals surface area contributed by atoms with E-state index in [1.807, 2.05) is 0 Å². The van der Waals surface area contributed by atoms with Crippen molar-refractivity contribution in [1.82, 2.24) is 0 Å². The summed E-state index contributed by atoms with van der Waals surface area (Å²) in [6.07, 6.45) is 5.66. The Hall–Kier alpha value is 0.173. The zero-order valence-electron chi connectivity index (χ0n) is 13.5. The number of hydrogen-bond acceptors (Lipinski definition) is 2. The van der Waals surface area contributed by atoms with Crippen molar-refractivity contribution < 1.29 is 20.8 Å². The molecular weight excluding hydrogens is 546 g/mol. The van der Waals surface area contributed by atoms with Gasteiger partial charge in [0.25, 0.3) is 0 Å². The van der Waals surface area contributed by atoms with Crippen molar-refractivity contribution in [2.24, 2.45) is 0 Å². The molecule has 0 bridgehead atoms. The van der Waals surface area contributed by atoms with E-state index < -0.39 is 20.8 Å². The second-order valence-electron chi connectivity index (χ2n) is 5.35. The van der Waals surface area contributed by atoms with Gasteiger partial charge in [-0.05, 0) is 16.5 Å². The van der Waals surface area contributed by atoms with Crippen LogP contribution in [0.1, 0.15) is 17.0 Å². The molecule has 1 unspecified atom stereocenters. The van der Waals surface area contributed by atoms with E-state index in [1.165, 1.54) is 26.8 Å². The van der Waals surface area contributed by atoms with Crippen LogP contribution >= 0.6 is 44.7 Å². The van der Waals surface area contributed by atoms with Gasteiger partial charge in [0.1, 0.15) is 0 Å². The Labute approximate surface area is 192 Å². The van der Waals surface area contributed by atoms with Gasteiger partial charge in [-0.25, -0.2) is 0 Å². The summed E-state index contributed by atoms with van der Waals surface area (Å²) in [6.45, 7) is 0. The quantitative estimate of drug-likeness (QED) is 0.158. The van der Waals surface area contributed by atoms with Crippen molar-refractivity contribution in [3.05, 3.63) is 92.7 Å². The van der Waals surface area contributed by atoms with E-state index >= 15 is 0 Å². The summed E-state index contributed by atoms with van der Waals surface area (Å²) in [5.74, 6) is 0.399. The van der Waals surface area contributed by atoms with E-state index in [-0.39, 0.29) is 13.5 Å². The van der Waals surface area contributed by atoms with Crippen LogP contribution in [0, 0.1) is 6.08 Å². The van der Waals surface area contributed by atoms with Crippen molar-refractivity contribution >= 4 is 75.1 Å². The Morgan fingerprint density at radius 3 is 2.50 bits per heavy atom. The molecule has 0 nitrogen and oxygen atoms in total. The standard InChI is InChI=1S/C11H6BrS.C9H7.2ClH.H2S.Zr/c12-11-6-9-8-4-2-1-3-7(8)5-10(9)13-11;1-2-5-9-7-3-6-8(9)4-1;;;;/h1-5,9H;1-7H;2*1H;1H2;/q2*-1;;;;+2/p-3. The number of rotatable bonds is 0. The summed E-state index contributed by atoms with van der Waals surface area (Å²) in [7, 11) is 9.87. The first-order valence-electron chi connectivity index (χ1n) is 7.57. The summed E-state index contributed by atoms with van der Waals surface area (Å²) in [5, 5.41) is 2.66. The van der Waals surface area contributed by atoms with Gasteiger partial charge in [-0.3, -0.25) is 0 Å². The van der Waals surface area contributed by atoms with Crippen LogP contribution in [0.3, 0.4) is 0 Å². The summed E-state index contributed by atoms with van der Waals surface area (Å²) in [6, 6.07) is 23.2. The molecule has 2 aliphatic rings. The summed E-state index contributed by atoms with van der Waals surface area (Å²) in [5.41, 5.74) is 2.74. The Bertz CT molecular complexity index is 891. The first-order valence-corrected chi connectivity index (χ1v) is 15.5. The monoisotopic (exact) mass is 557 g/mol. The molecule has 0 aromatic heterocycles. The van der Waals surface area contributed by atoms with Crippen LogP contribution in [0.2, 0.25) is 0 Å². The Morgan fingerprint density at radius 2 is 1.73 bits per heavy atom. The Kier molecular flexibility index (Phi) is 9.71. The third-order valence-electron chi connectivity index (χ3n) is 3.90. The van der Waals surface area contributed by atoms with Crippen LogP contribution in [-0.4, -0.2) is 0 Å². The van der Waals surface area contributed by atoms with Gasteiger partial charge in [0.05, 0.1) is 0 Å². The minimum atomic E-state index is -0.826. The molecule has 0 fully saturated rings. The van der Waals surface area contributed by atoms with Crippen molar-refractivity contribution in [1.29, 1.82) is 0 Å². The van der Waals surface area contributed by atoms with Gasteiger partial charge in [-0.15, -0.1) is 51.1 Å². The van der Waals surface area contributed by atoms with E-state index in [9.17, 15) is 0 Å². The molecular formula is C20H14BrCl2S2Zr-3. The normalized spacial score (nSPS) is 15.9. The predicted octanol–water partition coefficient (Wildman–Crippen LogP) is 7.58. The molecule has 3 aromatic carbocycles. The maximum atomic E-state index is 4.93. The zero-order chi connectivity index (χ0) is 17.6. The fourth-order valence-corrected chi connectivity index (χ4v) is 4.51. The van der Waals surface area contributed by atoms with Gasteiger partial charge in [0.2, 0.25) is 0 Å². The Balaban J connectivity index is 0.000000165. The molecule has 134 valence electrons. The molecule has 1 atom stereocenters. The minimum absolute atomic E-state index is 0. The van der Waals surface area contributed by atoms with Crippen molar-refractivity contribution in [2.45, 2.75) is 5.92 Å². The molecule has 1 heterocycles. The van der Waals surface area contributed by atoms with Crippen molar-refractivity contribution in [3.8, 4) is 0 Å². The molecule has 5 rings (SSSR count). The second-order valence-corrected chi connectivity index (χ2v) is 11.5. The second kappa shape index (κ2) is 11.2. The number of halogens is 3. The fourth-order valence-electron chi connectivity index (χ4n) is 2.85. The Morgan fingerprint density at radius 1 is 1.04 bits per heavy atom. The van der Waals surface area contributed by atoms with Crippen molar-refractivity contribution in [3.63, 3.8) is 0 Å². The third kappa shape index (κ3) is 5.59. The number of benzene rings is 2. The van der Waals surface area contributed by atoms with Gasteiger partial charge >= 0.3 is 37.9 Å². The van der Waals surface area contributed by atoms with Gasteiger partial charge in [0.15, 0.2) is 0 Å². The van der Waals surface area contributed by atoms with Gasteiger partial charge < -0.3 is 19.6 Å². The first-order chi connectivity index (χ1) is 12.2. The molecule has 3 aromatic rings. The molecule has 0 N–H and O–H groups in total. The van der Waals surface area contributed by atoms with E-state index in [2.05, 4.69) is 94.8 Å².